The lowest BCUT2D eigenvalue weighted by Crippen LogP contribution is -2.45. The van der Waals surface area contributed by atoms with Crippen molar-refractivity contribution in [3.63, 3.8) is 0 Å². The van der Waals surface area contributed by atoms with Crippen LogP contribution in [0.15, 0.2) is 65.2 Å². The van der Waals surface area contributed by atoms with Crippen molar-refractivity contribution in [2.75, 3.05) is 18.0 Å². The van der Waals surface area contributed by atoms with Crippen LogP contribution >= 0.6 is 34.8 Å². The molecule has 5 rings (SSSR count). The summed E-state index contributed by atoms with van der Waals surface area (Å²) < 4.78 is 11.8. The van der Waals surface area contributed by atoms with Gasteiger partial charge in [-0.1, -0.05) is 72.0 Å². The number of rotatable bonds is 8. The van der Waals surface area contributed by atoms with E-state index < -0.39 is 5.97 Å². The molecule has 4 aromatic rings. The molecule has 0 saturated carbocycles. The molecular formula is C29H25Cl3N2O4. The first kappa shape index (κ1) is 26.4. The monoisotopic (exact) mass is 570 g/mol. The zero-order valence-corrected chi connectivity index (χ0v) is 23.0. The van der Waals surface area contributed by atoms with Gasteiger partial charge >= 0.3 is 5.97 Å². The lowest BCUT2D eigenvalue weighted by molar-refractivity contribution is 0.0696. The zero-order chi connectivity index (χ0) is 27.0. The van der Waals surface area contributed by atoms with E-state index in [1.54, 1.807) is 42.5 Å². The highest BCUT2D eigenvalue weighted by Crippen LogP contribution is 2.40. The average molecular weight is 572 g/mol. The number of ether oxygens (including phenoxy) is 1. The van der Waals surface area contributed by atoms with Crippen LogP contribution in [0.1, 0.15) is 52.9 Å². The normalized spacial score (nSPS) is 13.6. The van der Waals surface area contributed by atoms with Gasteiger partial charge in [0.2, 0.25) is 0 Å². The van der Waals surface area contributed by atoms with Gasteiger partial charge in [-0.3, -0.25) is 0 Å². The van der Waals surface area contributed by atoms with E-state index in [1.807, 2.05) is 32.0 Å². The summed E-state index contributed by atoms with van der Waals surface area (Å²) in [5, 5.41) is 15.1. The Hall–Kier alpha value is -3.19. The molecule has 0 atom stereocenters. The molecule has 0 radical (unpaired) electrons. The first-order chi connectivity index (χ1) is 18.2. The number of aromatic carboxylic acids is 1. The van der Waals surface area contributed by atoms with E-state index in [0.29, 0.717) is 43.4 Å². The highest BCUT2D eigenvalue weighted by molar-refractivity contribution is 6.39. The molecule has 0 aliphatic carbocycles. The molecule has 2 heterocycles. The summed E-state index contributed by atoms with van der Waals surface area (Å²) in [7, 11) is 0. The highest BCUT2D eigenvalue weighted by atomic mass is 35.5. The van der Waals surface area contributed by atoms with Crippen LogP contribution < -0.4 is 9.64 Å². The predicted octanol–water partition coefficient (Wildman–Crippen LogP) is 8.31. The standard InChI is InChI=1S/C29H25Cl3N2O4/c1-16(2)28-21(27(33-38-28)26-22(30)7-4-8-23(26)31)15-37-20-9-10-25(24(32)12-20)34-13-19(14-34)17-5-3-6-18(11-17)29(35)36/h3-12,16,19H,13-15H2,1-2H3,(H,35,36). The van der Waals surface area contributed by atoms with Gasteiger partial charge in [-0.25, -0.2) is 4.79 Å². The Bertz CT molecular complexity index is 1470. The van der Waals surface area contributed by atoms with Crippen LogP contribution in [-0.4, -0.2) is 29.3 Å². The third-order valence-electron chi connectivity index (χ3n) is 6.67. The number of aromatic nitrogens is 1. The summed E-state index contributed by atoms with van der Waals surface area (Å²) in [5.74, 6) is 0.724. The van der Waals surface area contributed by atoms with E-state index >= 15 is 0 Å². The minimum atomic E-state index is -0.921. The molecular weight excluding hydrogens is 547 g/mol. The molecule has 38 heavy (non-hydrogen) atoms. The third kappa shape index (κ3) is 5.21. The number of hydrogen-bond donors (Lipinski definition) is 1. The van der Waals surface area contributed by atoms with E-state index in [2.05, 4.69) is 10.1 Å². The number of carboxylic acid groups (broad SMARTS) is 1. The number of carboxylic acids is 1. The topological polar surface area (TPSA) is 75.8 Å². The number of anilines is 1. The van der Waals surface area contributed by atoms with Gasteiger partial charge in [0.15, 0.2) is 0 Å². The first-order valence-electron chi connectivity index (χ1n) is 12.2. The van der Waals surface area contributed by atoms with E-state index in [9.17, 15) is 9.90 Å². The van der Waals surface area contributed by atoms with Crippen LogP contribution in [0.4, 0.5) is 5.69 Å². The van der Waals surface area contributed by atoms with Crippen molar-refractivity contribution >= 4 is 46.5 Å². The summed E-state index contributed by atoms with van der Waals surface area (Å²) in [5.41, 5.74) is 4.17. The molecule has 1 aliphatic heterocycles. The minimum absolute atomic E-state index is 0.0811. The van der Waals surface area contributed by atoms with Crippen molar-refractivity contribution in [3.05, 3.63) is 98.2 Å². The number of carbonyl (C=O) groups is 1. The van der Waals surface area contributed by atoms with Crippen molar-refractivity contribution in [1.29, 1.82) is 0 Å². The van der Waals surface area contributed by atoms with Crippen LogP contribution in [0.3, 0.4) is 0 Å². The maximum Gasteiger partial charge on any atom is 0.335 e. The molecule has 0 spiro atoms. The van der Waals surface area contributed by atoms with E-state index in [0.717, 1.165) is 29.9 Å². The summed E-state index contributed by atoms with van der Waals surface area (Å²) in [6.45, 7) is 5.75. The summed E-state index contributed by atoms with van der Waals surface area (Å²) in [6, 6.07) is 18.0. The maximum absolute atomic E-state index is 11.3. The molecule has 1 aromatic heterocycles. The van der Waals surface area contributed by atoms with Gasteiger partial charge in [0.1, 0.15) is 23.8 Å². The fourth-order valence-corrected chi connectivity index (χ4v) is 5.50. The fraction of sp³-hybridized carbons (Fsp3) is 0.241. The van der Waals surface area contributed by atoms with Gasteiger partial charge in [0.25, 0.3) is 0 Å². The van der Waals surface area contributed by atoms with Crippen molar-refractivity contribution in [2.45, 2.75) is 32.3 Å². The Morgan fingerprint density at radius 2 is 1.76 bits per heavy atom. The molecule has 0 amide bonds. The van der Waals surface area contributed by atoms with Crippen LogP contribution in [-0.2, 0) is 6.61 Å². The first-order valence-corrected chi connectivity index (χ1v) is 13.3. The lowest BCUT2D eigenvalue weighted by atomic mass is 9.90. The molecule has 1 aliphatic rings. The third-order valence-corrected chi connectivity index (χ3v) is 7.60. The Kier molecular flexibility index (Phi) is 7.57. The quantitative estimate of drug-likeness (QED) is 0.229. The van der Waals surface area contributed by atoms with Gasteiger partial charge in [-0.2, -0.15) is 0 Å². The van der Waals surface area contributed by atoms with E-state index in [-0.39, 0.29) is 18.4 Å². The van der Waals surface area contributed by atoms with Crippen LogP contribution in [0.25, 0.3) is 11.3 Å². The number of hydrogen-bond acceptors (Lipinski definition) is 5. The SMILES string of the molecule is CC(C)c1onc(-c2c(Cl)cccc2Cl)c1COc1ccc(N2CC(c3cccc(C(=O)O)c3)C2)c(Cl)c1. The van der Waals surface area contributed by atoms with Gasteiger partial charge in [0, 0.05) is 36.6 Å². The Morgan fingerprint density at radius 1 is 1.05 bits per heavy atom. The average Bonchev–Trinajstić information content (AvgIpc) is 3.27. The highest BCUT2D eigenvalue weighted by Gasteiger charge is 2.30. The van der Waals surface area contributed by atoms with Gasteiger partial charge in [-0.05, 0) is 42.0 Å². The van der Waals surface area contributed by atoms with Gasteiger partial charge < -0.3 is 19.3 Å². The zero-order valence-electron chi connectivity index (χ0n) is 20.7. The summed E-state index contributed by atoms with van der Waals surface area (Å²) >= 11 is 19.5. The van der Waals surface area contributed by atoms with Crippen LogP contribution in [0, 0.1) is 0 Å². The van der Waals surface area contributed by atoms with Crippen molar-refractivity contribution in [1.82, 2.24) is 5.16 Å². The molecule has 1 saturated heterocycles. The lowest BCUT2D eigenvalue weighted by Gasteiger charge is -2.42. The van der Waals surface area contributed by atoms with E-state index in [1.165, 1.54) is 0 Å². The molecule has 1 fully saturated rings. The molecule has 196 valence electrons. The van der Waals surface area contributed by atoms with Crippen molar-refractivity contribution in [2.24, 2.45) is 0 Å². The number of benzene rings is 3. The second-order valence-electron chi connectivity index (χ2n) is 9.56. The number of halogens is 3. The molecule has 0 unspecified atom stereocenters. The fourth-order valence-electron chi connectivity index (χ4n) is 4.64. The number of nitrogens with zero attached hydrogens (tertiary/aromatic N) is 2. The maximum atomic E-state index is 11.3. The minimum Gasteiger partial charge on any atom is -0.489 e. The van der Waals surface area contributed by atoms with Gasteiger partial charge in [-0.15, -0.1) is 0 Å². The molecule has 9 heteroatoms. The van der Waals surface area contributed by atoms with E-state index in [4.69, 9.17) is 44.1 Å². The molecule has 3 aromatic carbocycles. The molecule has 6 nitrogen and oxygen atoms in total. The van der Waals surface area contributed by atoms with Crippen LogP contribution in [0.2, 0.25) is 15.1 Å². The van der Waals surface area contributed by atoms with Crippen molar-refractivity contribution < 1.29 is 19.2 Å². The molecule has 1 N–H and O–H groups in total. The van der Waals surface area contributed by atoms with Crippen molar-refractivity contribution in [3.8, 4) is 17.0 Å². The smallest absolute Gasteiger partial charge is 0.335 e. The largest absolute Gasteiger partial charge is 0.489 e. The van der Waals surface area contributed by atoms with Crippen LogP contribution in [0.5, 0.6) is 5.75 Å². The second kappa shape index (κ2) is 10.9. The summed E-state index contributed by atoms with van der Waals surface area (Å²) in [4.78, 5) is 13.5. The Labute approximate surface area is 235 Å². The predicted molar refractivity (Wildman–Crippen MR) is 150 cm³/mol. The molecule has 0 bridgehead atoms. The Balaban J connectivity index is 1.30. The second-order valence-corrected chi connectivity index (χ2v) is 10.8. The van der Waals surface area contributed by atoms with Gasteiger partial charge in [0.05, 0.1) is 31.9 Å². The summed E-state index contributed by atoms with van der Waals surface area (Å²) in [6.07, 6.45) is 0. The Morgan fingerprint density at radius 3 is 2.42 bits per heavy atom.